The van der Waals surface area contributed by atoms with E-state index in [1.54, 1.807) is 7.11 Å². The van der Waals surface area contributed by atoms with Crippen LogP contribution in [0.4, 0.5) is 0 Å². The summed E-state index contributed by atoms with van der Waals surface area (Å²) in [7, 11) is 1.69. The molecule has 0 bridgehead atoms. The molecule has 1 heterocycles. The zero-order valence-electron chi connectivity index (χ0n) is 10.6. The third kappa shape index (κ3) is 3.85. The second kappa shape index (κ2) is 7.34. The lowest BCUT2D eigenvalue weighted by Gasteiger charge is -2.16. The number of nitrogens with two attached hydrogens (primary N) is 1. The molecule has 0 saturated carbocycles. The molecular formula is C13H20BrClN2O. The summed E-state index contributed by atoms with van der Waals surface area (Å²) in [6.07, 6.45) is 1.23. The molecule has 2 N–H and O–H groups in total. The Morgan fingerprint density at radius 2 is 2.28 bits per heavy atom. The maximum absolute atomic E-state index is 5.70. The van der Waals surface area contributed by atoms with Crippen molar-refractivity contribution in [1.82, 2.24) is 4.90 Å². The van der Waals surface area contributed by atoms with Gasteiger partial charge in [0.1, 0.15) is 5.75 Å². The fourth-order valence-corrected chi connectivity index (χ4v) is 2.90. The molecule has 0 aliphatic carbocycles. The van der Waals surface area contributed by atoms with E-state index >= 15 is 0 Å². The molecule has 0 spiro atoms. The number of nitrogens with zero attached hydrogens (tertiary/aromatic N) is 1. The summed E-state index contributed by atoms with van der Waals surface area (Å²) >= 11 is 3.52. The Kier molecular flexibility index (Phi) is 6.43. The third-order valence-electron chi connectivity index (χ3n) is 3.33. The molecule has 3 nitrogen and oxygen atoms in total. The molecule has 1 fully saturated rings. The largest absolute Gasteiger partial charge is 0.496 e. The molecule has 1 saturated heterocycles. The zero-order chi connectivity index (χ0) is 12.3. The van der Waals surface area contributed by atoms with E-state index < -0.39 is 0 Å². The van der Waals surface area contributed by atoms with Crippen LogP contribution >= 0.6 is 28.3 Å². The summed E-state index contributed by atoms with van der Waals surface area (Å²) < 4.78 is 6.25. The van der Waals surface area contributed by atoms with Crippen LogP contribution in [0.3, 0.4) is 0 Å². The molecule has 2 rings (SSSR count). The minimum atomic E-state index is 0. The van der Waals surface area contributed by atoms with Crippen LogP contribution < -0.4 is 10.5 Å². The second-order valence-electron chi connectivity index (χ2n) is 4.59. The Balaban J connectivity index is 0.00000162. The lowest BCUT2D eigenvalue weighted by atomic mass is 10.1. The van der Waals surface area contributed by atoms with Crippen LogP contribution in [0.15, 0.2) is 22.7 Å². The number of methoxy groups -OCH3 is 1. The number of benzene rings is 1. The van der Waals surface area contributed by atoms with Gasteiger partial charge in [-0.15, -0.1) is 12.4 Å². The highest BCUT2D eigenvalue weighted by atomic mass is 79.9. The van der Waals surface area contributed by atoms with Crippen molar-refractivity contribution >= 4 is 28.3 Å². The molecule has 1 unspecified atom stereocenters. The van der Waals surface area contributed by atoms with E-state index in [0.29, 0.717) is 5.92 Å². The highest BCUT2D eigenvalue weighted by Gasteiger charge is 2.21. The number of hydrogen-bond acceptors (Lipinski definition) is 3. The lowest BCUT2D eigenvalue weighted by Crippen LogP contribution is -2.22. The van der Waals surface area contributed by atoms with E-state index in [0.717, 1.165) is 36.4 Å². The highest BCUT2D eigenvalue weighted by molar-refractivity contribution is 9.10. The average Bonchev–Trinajstić information content (AvgIpc) is 2.77. The number of likely N-dealkylation sites (tertiary alicyclic amines) is 1. The third-order valence-corrected chi connectivity index (χ3v) is 3.95. The Morgan fingerprint density at radius 3 is 2.83 bits per heavy atom. The summed E-state index contributed by atoms with van der Waals surface area (Å²) in [6.45, 7) is 4.09. The first-order valence-corrected chi connectivity index (χ1v) is 6.77. The number of hydrogen-bond donors (Lipinski definition) is 1. The molecule has 1 atom stereocenters. The summed E-state index contributed by atoms with van der Waals surface area (Å²) in [4.78, 5) is 2.46. The highest BCUT2D eigenvalue weighted by Crippen LogP contribution is 2.27. The van der Waals surface area contributed by atoms with Gasteiger partial charge in [-0.3, -0.25) is 4.90 Å². The Labute approximate surface area is 123 Å². The first kappa shape index (κ1) is 15.8. The topological polar surface area (TPSA) is 38.5 Å². The minimum Gasteiger partial charge on any atom is -0.496 e. The fraction of sp³-hybridized carbons (Fsp3) is 0.538. The Morgan fingerprint density at radius 1 is 1.50 bits per heavy atom. The summed E-state index contributed by atoms with van der Waals surface area (Å²) in [6, 6.07) is 6.27. The molecule has 1 aromatic rings. The maximum Gasteiger partial charge on any atom is 0.133 e. The van der Waals surface area contributed by atoms with E-state index in [4.69, 9.17) is 10.5 Å². The number of rotatable bonds is 4. The minimum absolute atomic E-state index is 0. The van der Waals surface area contributed by atoms with Crippen molar-refractivity contribution in [2.45, 2.75) is 13.0 Å². The lowest BCUT2D eigenvalue weighted by molar-refractivity contribution is 0.317. The van der Waals surface area contributed by atoms with Crippen molar-refractivity contribution < 1.29 is 4.74 Å². The van der Waals surface area contributed by atoms with Gasteiger partial charge >= 0.3 is 0 Å². The molecule has 0 aromatic heterocycles. The summed E-state index contributed by atoms with van der Waals surface area (Å²) in [5.74, 6) is 1.56. The van der Waals surface area contributed by atoms with Gasteiger partial charge in [0.2, 0.25) is 0 Å². The quantitative estimate of drug-likeness (QED) is 0.919. The molecule has 0 amide bonds. The maximum atomic E-state index is 5.70. The van der Waals surface area contributed by atoms with Gasteiger partial charge < -0.3 is 10.5 Å². The van der Waals surface area contributed by atoms with E-state index in [-0.39, 0.29) is 12.4 Å². The Bertz CT molecular complexity index is 389. The average molecular weight is 336 g/mol. The van der Waals surface area contributed by atoms with Crippen LogP contribution in [0.2, 0.25) is 0 Å². The van der Waals surface area contributed by atoms with Crippen LogP contribution in [0, 0.1) is 5.92 Å². The number of halogens is 2. The Hall–Kier alpha value is -0.290. The van der Waals surface area contributed by atoms with Crippen molar-refractivity contribution in [3.05, 3.63) is 28.2 Å². The van der Waals surface area contributed by atoms with Gasteiger partial charge in [-0.1, -0.05) is 6.07 Å². The molecule has 1 aliphatic heterocycles. The SMILES string of the molecule is COc1ccc(CN2CCC(CN)C2)cc1Br.Cl. The van der Waals surface area contributed by atoms with Gasteiger partial charge in [0.05, 0.1) is 11.6 Å². The molecule has 102 valence electrons. The molecule has 18 heavy (non-hydrogen) atoms. The van der Waals surface area contributed by atoms with Crippen molar-refractivity contribution in [2.75, 3.05) is 26.7 Å². The zero-order valence-corrected chi connectivity index (χ0v) is 13.0. The van der Waals surface area contributed by atoms with E-state index in [2.05, 4.69) is 33.0 Å². The smallest absolute Gasteiger partial charge is 0.133 e. The predicted octanol–water partition coefficient (Wildman–Crippen LogP) is 2.66. The van der Waals surface area contributed by atoms with Gasteiger partial charge in [-0.05, 0) is 59.1 Å². The van der Waals surface area contributed by atoms with E-state index in [1.807, 2.05) is 6.07 Å². The molecule has 1 aromatic carbocycles. The van der Waals surface area contributed by atoms with Crippen molar-refractivity contribution in [3.8, 4) is 5.75 Å². The van der Waals surface area contributed by atoms with Gasteiger partial charge in [0, 0.05) is 13.1 Å². The van der Waals surface area contributed by atoms with Gasteiger partial charge in [0.15, 0.2) is 0 Å². The molecule has 1 aliphatic rings. The first-order chi connectivity index (χ1) is 8.22. The van der Waals surface area contributed by atoms with Crippen molar-refractivity contribution in [1.29, 1.82) is 0 Å². The van der Waals surface area contributed by atoms with Crippen LogP contribution in [-0.2, 0) is 6.54 Å². The van der Waals surface area contributed by atoms with E-state index in [1.165, 1.54) is 12.0 Å². The first-order valence-electron chi connectivity index (χ1n) is 5.97. The standard InChI is InChI=1S/C13H19BrN2O.ClH/c1-17-13-3-2-10(6-12(13)14)8-16-5-4-11(7-15)9-16;/h2-3,6,11H,4-5,7-9,15H2,1H3;1H. The van der Waals surface area contributed by atoms with E-state index in [9.17, 15) is 0 Å². The van der Waals surface area contributed by atoms with Crippen LogP contribution in [0.1, 0.15) is 12.0 Å². The fourth-order valence-electron chi connectivity index (χ4n) is 2.32. The monoisotopic (exact) mass is 334 g/mol. The van der Waals surface area contributed by atoms with Crippen molar-refractivity contribution in [2.24, 2.45) is 11.7 Å². The van der Waals surface area contributed by atoms with Gasteiger partial charge in [0.25, 0.3) is 0 Å². The predicted molar refractivity (Wildman–Crippen MR) is 80.4 cm³/mol. The van der Waals surface area contributed by atoms with Crippen LogP contribution in [-0.4, -0.2) is 31.6 Å². The molecule has 5 heteroatoms. The van der Waals surface area contributed by atoms with Gasteiger partial charge in [-0.2, -0.15) is 0 Å². The van der Waals surface area contributed by atoms with Crippen LogP contribution in [0.25, 0.3) is 0 Å². The van der Waals surface area contributed by atoms with Crippen LogP contribution in [0.5, 0.6) is 5.75 Å². The summed E-state index contributed by atoms with van der Waals surface area (Å²) in [5.41, 5.74) is 7.02. The van der Waals surface area contributed by atoms with Gasteiger partial charge in [-0.25, -0.2) is 0 Å². The normalized spacial score (nSPS) is 19.6. The summed E-state index contributed by atoms with van der Waals surface area (Å²) in [5, 5.41) is 0. The number of ether oxygens (including phenoxy) is 1. The van der Waals surface area contributed by atoms with Crippen molar-refractivity contribution in [3.63, 3.8) is 0 Å². The molecular weight excluding hydrogens is 316 g/mol. The second-order valence-corrected chi connectivity index (χ2v) is 5.45. The molecule has 0 radical (unpaired) electrons.